The Morgan fingerprint density at radius 1 is 1.29 bits per heavy atom. The zero-order valence-electron chi connectivity index (χ0n) is 14.5. The third-order valence-electron chi connectivity index (χ3n) is 5.48. The molecule has 130 valence electrons. The summed E-state index contributed by atoms with van der Waals surface area (Å²) in [5.41, 5.74) is 4.10. The van der Waals surface area contributed by atoms with Crippen molar-refractivity contribution in [1.82, 2.24) is 19.8 Å². The molecule has 24 heavy (non-hydrogen) atoms. The van der Waals surface area contributed by atoms with Crippen molar-refractivity contribution in [1.29, 1.82) is 0 Å². The van der Waals surface area contributed by atoms with Crippen LogP contribution >= 0.6 is 0 Å². The highest BCUT2D eigenvalue weighted by atomic mass is 16.2. The average molecular weight is 328 g/mol. The van der Waals surface area contributed by atoms with E-state index in [-0.39, 0.29) is 5.91 Å². The number of hydrogen-bond donors (Lipinski definition) is 1. The van der Waals surface area contributed by atoms with E-state index in [1.54, 1.807) is 0 Å². The van der Waals surface area contributed by atoms with Gasteiger partial charge in [-0.1, -0.05) is 11.6 Å². The first-order valence-electron chi connectivity index (χ1n) is 9.51. The molecule has 1 aromatic rings. The van der Waals surface area contributed by atoms with Gasteiger partial charge in [-0.2, -0.15) is 0 Å². The van der Waals surface area contributed by atoms with Crippen LogP contribution in [-0.2, 0) is 17.8 Å². The van der Waals surface area contributed by atoms with Crippen molar-refractivity contribution in [2.45, 2.75) is 64.0 Å². The first-order chi connectivity index (χ1) is 11.8. The molecule has 1 saturated carbocycles. The number of amides is 1. The molecule has 0 radical (unpaired) electrons. The highest BCUT2D eigenvalue weighted by Gasteiger charge is 2.29. The van der Waals surface area contributed by atoms with Gasteiger partial charge < -0.3 is 9.88 Å². The molecule has 5 heteroatoms. The monoisotopic (exact) mass is 328 g/mol. The predicted molar refractivity (Wildman–Crippen MR) is 93.7 cm³/mol. The largest absolute Gasteiger partial charge is 0.355 e. The lowest BCUT2D eigenvalue weighted by Gasteiger charge is -2.26. The zero-order valence-corrected chi connectivity index (χ0v) is 14.5. The van der Waals surface area contributed by atoms with Crippen molar-refractivity contribution in [2.75, 3.05) is 19.6 Å². The first-order valence-corrected chi connectivity index (χ1v) is 9.51. The van der Waals surface area contributed by atoms with Gasteiger partial charge in [0.2, 0.25) is 5.91 Å². The van der Waals surface area contributed by atoms with Gasteiger partial charge in [0.25, 0.3) is 0 Å². The lowest BCUT2D eigenvalue weighted by atomic mass is 9.97. The van der Waals surface area contributed by atoms with Crippen molar-refractivity contribution in [3.05, 3.63) is 29.4 Å². The number of carbonyl (C=O) groups excluding carboxylic acids is 1. The van der Waals surface area contributed by atoms with Crippen LogP contribution < -0.4 is 5.32 Å². The number of imidazole rings is 1. The van der Waals surface area contributed by atoms with E-state index >= 15 is 0 Å². The van der Waals surface area contributed by atoms with Crippen molar-refractivity contribution in [2.24, 2.45) is 0 Å². The number of nitrogens with zero attached hydrogens (tertiary/aromatic N) is 3. The molecule has 0 aromatic carbocycles. The van der Waals surface area contributed by atoms with Crippen molar-refractivity contribution < 1.29 is 4.79 Å². The highest BCUT2D eigenvalue weighted by molar-refractivity contribution is 5.78. The summed E-state index contributed by atoms with van der Waals surface area (Å²) >= 11 is 0. The number of fused-ring (bicyclic) bond motifs is 1. The van der Waals surface area contributed by atoms with E-state index in [1.165, 1.54) is 55.5 Å². The number of rotatable bonds is 6. The molecule has 4 rings (SSSR count). The van der Waals surface area contributed by atoms with Gasteiger partial charge in [-0.3, -0.25) is 9.69 Å². The molecule has 1 aromatic heterocycles. The van der Waals surface area contributed by atoms with Gasteiger partial charge in [0.1, 0.15) is 0 Å². The van der Waals surface area contributed by atoms with Crippen molar-refractivity contribution in [3.63, 3.8) is 0 Å². The van der Waals surface area contributed by atoms with Crippen LogP contribution in [0.3, 0.4) is 0 Å². The minimum Gasteiger partial charge on any atom is -0.355 e. The molecule has 0 atom stereocenters. The Balaban J connectivity index is 1.22. The molecule has 2 heterocycles. The van der Waals surface area contributed by atoms with Gasteiger partial charge in [0.15, 0.2) is 0 Å². The number of carbonyl (C=O) groups is 1. The Hall–Kier alpha value is -1.62. The van der Waals surface area contributed by atoms with E-state index in [2.05, 4.69) is 25.8 Å². The molecule has 5 nitrogen and oxygen atoms in total. The third-order valence-corrected chi connectivity index (χ3v) is 5.48. The molecule has 0 unspecified atom stereocenters. The standard InChI is InChI=1S/C19H28N4O/c24-19(20-10-8-15-4-2-1-3-5-15)13-22-11-9-18-17(12-22)21-14-23(18)16-6-7-16/h4,14,16H,1-3,5-13H2,(H,20,24). The second-order valence-corrected chi connectivity index (χ2v) is 7.45. The Kier molecular flexibility index (Phi) is 4.69. The summed E-state index contributed by atoms with van der Waals surface area (Å²) in [6, 6.07) is 0.699. The minimum atomic E-state index is 0.150. The lowest BCUT2D eigenvalue weighted by Crippen LogP contribution is -2.40. The Morgan fingerprint density at radius 3 is 3.00 bits per heavy atom. The fourth-order valence-corrected chi connectivity index (χ4v) is 3.94. The quantitative estimate of drug-likeness (QED) is 0.817. The summed E-state index contributed by atoms with van der Waals surface area (Å²) < 4.78 is 2.37. The number of nitrogens with one attached hydrogen (secondary N) is 1. The van der Waals surface area contributed by atoms with Crippen LogP contribution in [-0.4, -0.2) is 40.0 Å². The second-order valence-electron chi connectivity index (χ2n) is 7.45. The van der Waals surface area contributed by atoms with Gasteiger partial charge in [-0.25, -0.2) is 4.98 Å². The SMILES string of the molecule is O=C(CN1CCc2c(ncn2C2CC2)C1)NCCC1=CCCCC1. The molecular weight excluding hydrogens is 300 g/mol. The van der Waals surface area contributed by atoms with E-state index in [9.17, 15) is 4.79 Å². The first kappa shape index (κ1) is 15.9. The zero-order chi connectivity index (χ0) is 16.4. The minimum absolute atomic E-state index is 0.150. The summed E-state index contributed by atoms with van der Waals surface area (Å²) in [5.74, 6) is 0.150. The van der Waals surface area contributed by atoms with Crippen LogP contribution in [0.2, 0.25) is 0 Å². The maximum absolute atomic E-state index is 12.2. The summed E-state index contributed by atoms with van der Waals surface area (Å²) in [7, 11) is 0. The molecule has 0 saturated heterocycles. The fraction of sp³-hybridized carbons (Fsp3) is 0.684. The number of allylic oxidation sites excluding steroid dienone is 1. The van der Waals surface area contributed by atoms with Gasteiger partial charge in [-0.15, -0.1) is 0 Å². The molecule has 1 fully saturated rings. The normalized spacial score (nSPS) is 21.2. The Bertz CT molecular complexity index is 629. The van der Waals surface area contributed by atoms with E-state index in [0.29, 0.717) is 12.6 Å². The van der Waals surface area contributed by atoms with Gasteiger partial charge in [0, 0.05) is 37.8 Å². The Morgan fingerprint density at radius 2 is 2.21 bits per heavy atom. The van der Waals surface area contributed by atoms with Gasteiger partial charge in [0.05, 0.1) is 18.6 Å². The number of aromatic nitrogens is 2. The maximum atomic E-state index is 12.2. The summed E-state index contributed by atoms with van der Waals surface area (Å²) in [6.07, 6.45) is 14.1. The average Bonchev–Trinajstić information content (AvgIpc) is 3.35. The second kappa shape index (κ2) is 7.09. The van der Waals surface area contributed by atoms with E-state index in [1.807, 2.05) is 6.33 Å². The molecule has 0 spiro atoms. The molecule has 1 N–H and O–H groups in total. The third kappa shape index (κ3) is 3.72. The summed E-state index contributed by atoms with van der Waals surface area (Å²) in [5, 5.41) is 3.09. The summed E-state index contributed by atoms with van der Waals surface area (Å²) in [4.78, 5) is 19.0. The molecule has 1 aliphatic heterocycles. The van der Waals surface area contributed by atoms with Crippen LogP contribution in [0.4, 0.5) is 0 Å². The van der Waals surface area contributed by atoms with Crippen LogP contribution in [0.15, 0.2) is 18.0 Å². The molecular formula is C19H28N4O. The van der Waals surface area contributed by atoms with E-state index in [0.717, 1.165) is 32.5 Å². The van der Waals surface area contributed by atoms with Crippen molar-refractivity contribution >= 4 is 5.91 Å². The predicted octanol–water partition coefficient (Wildman–Crippen LogP) is 2.58. The molecule has 0 bridgehead atoms. The topological polar surface area (TPSA) is 50.2 Å². The van der Waals surface area contributed by atoms with E-state index < -0.39 is 0 Å². The highest BCUT2D eigenvalue weighted by Crippen LogP contribution is 2.37. The maximum Gasteiger partial charge on any atom is 0.234 e. The van der Waals surface area contributed by atoms with Crippen molar-refractivity contribution in [3.8, 4) is 0 Å². The van der Waals surface area contributed by atoms with Crippen LogP contribution in [0.1, 0.15) is 62.4 Å². The van der Waals surface area contributed by atoms with Crippen LogP contribution in [0, 0.1) is 0 Å². The number of hydrogen-bond acceptors (Lipinski definition) is 3. The Labute approximate surface area is 144 Å². The smallest absolute Gasteiger partial charge is 0.234 e. The van der Waals surface area contributed by atoms with Gasteiger partial charge >= 0.3 is 0 Å². The van der Waals surface area contributed by atoms with E-state index in [4.69, 9.17) is 0 Å². The molecule has 1 amide bonds. The molecule has 3 aliphatic rings. The fourth-order valence-electron chi connectivity index (χ4n) is 3.94. The van der Waals surface area contributed by atoms with Crippen LogP contribution in [0.5, 0.6) is 0 Å². The molecule has 2 aliphatic carbocycles. The summed E-state index contributed by atoms with van der Waals surface area (Å²) in [6.45, 7) is 3.05. The van der Waals surface area contributed by atoms with Gasteiger partial charge in [-0.05, 0) is 44.9 Å². The lowest BCUT2D eigenvalue weighted by molar-refractivity contribution is -0.122. The van der Waals surface area contributed by atoms with Crippen LogP contribution in [0.25, 0.3) is 0 Å².